The zero-order valence-electron chi connectivity index (χ0n) is 9.97. The van der Waals surface area contributed by atoms with Crippen LogP contribution in [0.25, 0.3) is 0 Å². The van der Waals surface area contributed by atoms with Gasteiger partial charge < -0.3 is 8.98 Å². The Morgan fingerprint density at radius 3 is 3.06 bits per heavy atom. The quantitative estimate of drug-likeness (QED) is 0.812. The van der Waals surface area contributed by atoms with Crippen LogP contribution in [0.2, 0.25) is 0 Å². The highest BCUT2D eigenvalue weighted by Gasteiger charge is 2.19. The van der Waals surface area contributed by atoms with Crippen molar-refractivity contribution in [2.75, 3.05) is 6.54 Å². The summed E-state index contributed by atoms with van der Waals surface area (Å²) in [6.07, 6.45) is 5.36. The first-order valence-corrected chi connectivity index (χ1v) is 5.46. The Bertz CT molecular complexity index is 516. The van der Waals surface area contributed by atoms with Crippen molar-refractivity contribution in [2.45, 2.75) is 13.0 Å². The standard InChI is InChI=1S/C13H15N3O/c1-3-4-7-14-12(11-6-5-10-17-11)13-15-8-9-16(13)2/h5-6,8-10,12,14H,7H2,1-2H3. The van der Waals surface area contributed by atoms with Gasteiger partial charge in [0.15, 0.2) is 0 Å². The number of nitrogens with zero attached hydrogens (tertiary/aromatic N) is 2. The van der Waals surface area contributed by atoms with Gasteiger partial charge in [0.25, 0.3) is 0 Å². The molecule has 0 spiro atoms. The maximum Gasteiger partial charge on any atom is 0.133 e. The molecule has 0 aliphatic rings. The minimum absolute atomic E-state index is 0.0640. The number of rotatable bonds is 4. The first-order valence-electron chi connectivity index (χ1n) is 5.46. The predicted molar refractivity (Wildman–Crippen MR) is 65.2 cm³/mol. The lowest BCUT2D eigenvalue weighted by atomic mass is 10.2. The maximum absolute atomic E-state index is 5.44. The molecule has 1 atom stereocenters. The molecule has 0 saturated heterocycles. The third-order valence-corrected chi connectivity index (χ3v) is 2.52. The van der Waals surface area contributed by atoms with E-state index in [2.05, 4.69) is 22.1 Å². The van der Waals surface area contributed by atoms with E-state index >= 15 is 0 Å². The molecule has 2 heterocycles. The molecule has 0 aromatic carbocycles. The van der Waals surface area contributed by atoms with E-state index in [9.17, 15) is 0 Å². The van der Waals surface area contributed by atoms with E-state index in [1.54, 1.807) is 12.5 Å². The number of aryl methyl sites for hydroxylation is 1. The van der Waals surface area contributed by atoms with Crippen LogP contribution in [-0.2, 0) is 7.05 Å². The van der Waals surface area contributed by atoms with Crippen molar-refractivity contribution in [3.63, 3.8) is 0 Å². The molecule has 4 heteroatoms. The Kier molecular flexibility index (Phi) is 3.63. The SMILES string of the molecule is CC#CCNC(c1ccco1)c1nccn1C. The second kappa shape index (κ2) is 5.37. The van der Waals surface area contributed by atoms with Crippen LogP contribution in [0.5, 0.6) is 0 Å². The smallest absolute Gasteiger partial charge is 0.133 e. The van der Waals surface area contributed by atoms with E-state index in [4.69, 9.17) is 4.42 Å². The van der Waals surface area contributed by atoms with Crippen molar-refractivity contribution in [1.82, 2.24) is 14.9 Å². The van der Waals surface area contributed by atoms with Crippen LogP contribution in [0.1, 0.15) is 24.6 Å². The largest absolute Gasteiger partial charge is 0.467 e. The third-order valence-electron chi connectivity index (χ3n) is 2.52. The number of furan rings is 1. The van der Waals surface area contributed by atoms with E-state index in [1.807, 2.05) is 36.9 Å². The Morgan fingerprint density at radius 1 is 1.59 bits per heavy atom. The Hall–Kier alpha value is -1.99. The van der Waals surface area contributed by atoms with E-state index in [0.29, 0.717) is 6.54 Å². The number of aromatic nitrogens is 2. The van der Waals surface area contributed by atoms with E-state index in [0.717, 1.165) is 11.6 Å². The molecule has 17 heavy (non-hydrogen) atoms. The summed E-state index contributed by atoms with van der Waals surface area (Å²) in [5, 5.41) is 3.32. The normalized spacial score (nSPS) is 11.9. The van der Waals surface area contributed by atoms with Crippen LogP contribution in [0.4, 0.5) is 0 Å². The van der Waals surface area contributed by atoms with Crippen molar-refractivity contribution in [2.24, 2.45) is 7.05 Å². The highest BCUT2D eigenvalue weighted by Crippen LogP contribution is 2.20. The molecular formula is C13H15N3O. The zero-order chi connectivity index (χ0) is 12.1. The van der Waals surface area contributed by atoms with Gasteiger partial charge in [-0.3, -0.25) is 5.32 Å². The summed E-state index contributed by atoms with van der Waals surface area (Å²) in [5.41, 5.74) is 0. The van der Waals surface area contributed by atoms with Gasteiger partial charge in [-0.05, 0) is 19.1 Å². The Labute approximate surface area is 101 Å². The van der Waals surface area contributed by atoms with Crippen LogP contribution in [0, 0.1) is 11.8 Å². The van der Waals surface area contributed by atoms with Gasteiger partial charge in [0.1, 0.15) is 17.6 Å². The summed E-state index contributed by atoms with van der Waals surface area (Å²) in [6, 6.07) is 3.75. The van der Waals surface area contributed by atoms with Gasteiger partial charge >= 0.3 is 0 Å². The maximum atomic E-state index is 5.44. The zero-order valence-corrected chi connectivity index (χ0v) is 9.97. The molecular weight excluding hydrogens is 214 g/mol. The molecule has 0 bridgehead atoms. The summed E-state index contributed by atoms with van der Waals surface area (Å²) >= 11 is 0. The van der Waals surface area contributed by atoms with Gasteiger partial charge in [-0.25, -0.2) is 4.98 Å². The number of nitrogens with one attached hydrogen (secondary N) is 1. The summed E-state index contributed by atoms with van der Waals surface area (Å²) in [6.45, 7) is 2.43. The van der Waals surface area contributed by atoms with Gasteiger partial charge in [-0.15, -0.1) is 5.92 Å². The Balaban J connectivity index is 2.24. The molecule has 4 nitrogen and oxygen atoms in total. The molecule has 0 aliphatic carbocycles. The summed E-state index contributed by atoms with van der Waals surface area (Å²) in [4.78, 5) is 4.34. The highest BCUT2D eigenvalue weighted by atomic mass is 16.3. The van der Waals surface area contributed by atoms with E-state index in [1.165, 1.54) is 0 Å². The second-order valence-electron chi connectivity index (χ2n) is 3.65. The van der Waals surface area contributed by atoms with E-state index in [-0.39, 0.29) is 6.04 Å². The molecule has 1 unspecified atom stereocenters. The highest BCUT2D eigenvalue weighted by molar-refractivity contribution is 5.16. The topological polar surface area (TPSA) is 43.0 Å². The molecule has 2 aromatic rings. The van der Waals surface area contributed by atoms with Crippen LogP contribution in [-0.4, -0.2) is 16.1 Å². The first kappa shape index (κ1) is 11.5. The first-order chi connectivity index (χ1) is 8.33. The lowest BCUT2D eigenvalue weighted by Gasteiger charge is -2.14. The van der Waals surface area contributed by atoms with Crippen LogP contribution in [0.3, 0.4) is 0 Å². The minimum atomic E-state index is -0.0640. The van der Waals surface area contributed by atoms with Crippen molar-refractivity contribution in [3.8, 4) is 11.8 Å². The fraction of sp³-hybridized carbons (Fsp3) is 0.308. The van der Waals surface area contributed by atoms with E-state index < -0.39 is 0 Å². The Morgan fingerprint density at radius 2 is 2.47 bits per heavy atom. The van der Waals surface area contributed by atoms with Crippen LogP contribution >= 0.6 is 0 Å². The summed E-state index contributed by atoms with van der Waals surface area (Å²) in [5.74, 6) is 7.60. The number of hydrogen-bond acceptors (Lipinski definition) is 3. The van der Waals surface area contributed by atoms with Gasteiger partial charge in [0, 0.05) is 19.4 Å². The average molecular weight is 229 g/mol. The molecule has 88 valence electrons. The minimum Gasteiger partial charge on any atom is -0.467 e. The molecule has 0 aliphatic heterocycles. The fourth-order valence-electron chi connectivity index (χ4n) is 1.67. The molecule has 0 fully saturated rings. The molecule has 2 aromatic heterocycles. The lowest BCUT2D eigenvalue weighted by Crippen LogP contribution is -2.25. The third kappa shape index (κ3) is 2.58. The fourth-order valence-corrected chi connectivity index (χ4v) is 1.67. The molecule has 0 amide bonds. The van der Waals surface area contributed by atoms with Crippen LogP contribution < -0.4 is 5.32 Å². The average Bonchev–Trinajstić information content (AvgIpc) is 2.96. The van der Waals surface area contributed by atoms with Gasteiger partial charge in [-0.1, -0.05) is 5.92 Å². The summed E-state index contributed by atoms with van der Waals surface area (Å²) < 4.78 is 7.41. The number of imidazole rings is 1. The monoisotopic (exact) mass is 229 g/mol. The van der Waals surface area contributed by atoms with Crippen molar-refractivity contribution >= 4 is 0 Å². The van der Waals surface area contributed by atoms with Crippen molar-refractivity contribution < 1.29 is 4.42 Å². The van der Waals surface area contributed by atoms with Gasteiger partial charge in [-0.2, -0.15) is 0 Å². The van der Waals surface area contributed by atoms with Crippen LogP contribution in [0.15, 0.2) is 35.2 Å². The molecule has 1 N–H and O–H groups in total. The summed E-state index contributed by atoms with van der Waals surface area (Å²) in [7, 11) is 1.96. The van der Waals surface area contributed by atoms with Gasteiger partial charge in [0.05, 0.1) is 12.8 Å². The van der Waals surface area contributed by atoms with Crippen molar-refractivity contribution in [3.05, 3.63) is 42.4 Å². The second-order valence-corrected chi connectivity index (χ2v) is 3.65. The predicted octanol–water partition coefficient (Wildman–Crippen LogP) is 1.72. The van der Waals surface area contributed by atoms with Crippen molar-refractivity contribution in [1.29, 1.82) is 0 Å². The molecule has 0 radical (unpaired) electrons. The molecule has 2 rings (SSSR count). The lowest BCUT2D eigenvalue weighted by molar-refractivity contribution is 0.441. The molecule has 0 saturated carbocycles. The number of hydrogen-bond donors (Lipinski definition) is 1. The van der Waals surface area contributed by atoms with Gasteiger partial charge in [0.2, 0.25) is 0 Å².